The van der Waals surface area contributed by atoms with Gasteiger partial charge < -0.3 is 19.7 Å². The van der Waals surface area contributed by atoms with Gasteiger partial charge in [-0.05, 0) is 30.2 Å². The Balaban J connectivity index is 2.07. The summed E-state index contributed by atoms with van der Waals surface area (Å²) in [6.07, 6.45) is 2.73. The fourth-order valence-corrected chi connectivity index (χ4v) is 2.10. The number of phenols is 1. The molecule has 0 fully saturated rings. The molecule has 0 aliphatic carbocycles. The van der Waals surface area contributed by atoms with Crippen LogP contribution >= 0.6 is 0 Å². The van der Waals surface area contributed by atoms with E-state index in [-0.39, 0.29) is 11.3 Å². The molecule has 112 valence electrons. The van der Waals surface area contributed by atoms with Crippen molar-refractivity contribution in [1.82, 2.24) is 4.57 Å². The number of pyridine rings is 1. The van der Waals surface area contributed by atoms with Crippen LogP contribution in [0.15, 0.2) is 41.3 Å². The number of aromatic nitrogens is 1. The summed E-state index contributed by atoms with van der Waals surface area (Å²) in [5, 5.41) is 13.0. The van der Waals surface area contributed by atoms with Crippen molar-refractivity contribution in [2.75, 3.05) is 12.4 Å². The van der Waals surface area contributed by atoms with E-state index in [1.54, 1.807) is 28.8 Å². The Hall–Kier alpha value is -2.43. The lowest BCUT2D eigenvalue weighted by Gasteiger charge is -2.11. The highest BCUT2D eigenvalue weighted by Gasteiger charge is 2.03. The number of aromatic hydroxyl groups is 1. The number of nitrogens with zero attached hydrogens (tertiary/aromatic N) is 1. The van der Waals surface area contributed by atoms with Crippen molar-refractivity contribution < 1.29 is 9.84 Å². The number of anilines is 1. The molecule has 5 nitrogen and oxygen atoms in total. The van der Waals surface area contributed by atoms with Crippen molar-refractivity contribution in [3.63, 3.8) is 0 Å². The van der Waals surface area contributed by atoms with Crippen molar-refractivity contribution >= 4 is 5.69 Å². The van der Waals surface area contributed by atoms with Crippen LogP contribution in [-0.2, 0) is 13.1 Å². The SMILES string of the molecule is CCCn1cc(NCc2ccc(OC)c(O)c2)ccc1=O. The summed E-state index contributed by atoms with van der Waals surface area (Å²) in [5.74, 6) is 0.572. The lowest BCUT2D eigenvalue weighted by Crippen LogP contribution is -2.18. The molecular weight excluding hydrogens is 268 g/mol. The summed E-state index contributed by atoms with van der Waals surface area (Å²) >= 11 is 0. The van der Waals surface area contributed by atoms with Crippen LogP contribution in [0.25, 0.3) is 0 Å². The summed E-state index contributed by atoms with van der Waals surface area (Å²) < 4.78 is 6.70. The van der Waals surface area contributed by atoms with Gasteiger partial charge in [0.25, 0.3) is 5.56 Å². The van der Waals surface area contributed by atoms with Gasteiger partial charge in [-0.2, -0.15) is 0 Å². The van der Waals surface area contributed by atoms with Crippen molar-refractivity contribution in [1.29, 1.82) is 0 Å². The van der Waals surface area contributed by atoms with E-state index in [9.17, 15) is 9.90 Å². The van der Waals surface area contributed by atoms with Gasteiger partial charge in [-0.1, -0.05) is 13.0 Å². The number of methoxy groups -OCH3 is 1. The smallest absolute Gasteiger partial charge is 0.250 e. The topological polar surface area (TPSA) is 63.5 Å². The Labute approximate surface area is 123 Å². The molecule has 0 atom stereocenters. The van der Waals surface area contributed by atoms with Crippen LogP contribution in [-0.4, -0.2) is 16.8 Å². The lowest BCUT2D eigenvalue weighted by atomic mass is 10.2. The fraction of sp³-hybridized carbons (Fsp3) is 0.312. The molecule has 0 saturated heterocycles. The Morgan fingerprint density at radius 1 is 1.29 bits per heavy atom. The third-order valence-corrected chi connectivity index (χ3v) is 3.19. The molecule has 2 N–H and O–H groups in total. The van der Waals surface area contributed by atoms with Gasteiger partial charge in [0.2, 0.25) is 0 Å². The number of hydrogen-bond acceptors (Lipinski definition) is 4. The van der Waals surface area contributed by atoms with Gasteiger partial charge in [-0.15, -0.1) is 0 Å². The minimum absolute atomic E-state index is 0.00416. The normalized spacial score (nSPS) is 10.4. The second-order valence-electron chi connectivity index (χ2n) is 4.81. The zero-order valence-corrected chi connectivity index (χ0v) is 12.3. The summed E-state index contributed by atoms with van der Waals surface area (Å²) in [5.41, 5.74) is 1.81. The maximum absolute atomic E-state index is 11.6. The third kappa shape index (κ3) is 3.78. The molecule has 0 amide bonds. The third-order valence-electron chi connectivity index (χ3n) is 3.19. The number of ether oxygens (including phenoxy) is 1. The second kappa shape index (κ2) is 6.83. The zero-order chi connectivity index (χ0) is 15.2. The summed E-state index contributed by atoms with van der Waals surface area (Å²) in [7, 11) is 1.52. The van der Waals surface area contributed by atoms with Crippen LogP contribution in [0.5, 0.6) is 11.5 Å². The molecule has 21 heavy (non-hydrogen) atoms. The monoisotopic (exact) mass is 288 g/mol. The Morgan fingerprint density at radius 3 is 2.76 bits per heavy atom. The van der Waals surface area contributed by atoms with Crippen molar-refractivity contribution in [2.24, 2.45) is 0 Å². The quantitative estimate of drug-likeness (QED) is 0.857. The highest BCUT2D eigenvalue weighted by atomic mass is 16.5. The maximum atomic E-state index is 11.6. The van der Waals surface area contributed by atoms with Crippen LogP contribution in [0.4, 0.5) is 5.69 Å². The van der Waals surface area contributed by atoms with Crippen LogP contribution in [0.2, 0.25) is 0 Å². The fourth-order valence-electron chi connectivity index (χ4n) is 2.10. The van der Waals surface area contributed by atoms with Crippen molar-refractivity contribution in [2.45, 2.75) is 26.4 Å². The molecule has 5 heteroatoms. The standard InChI is InChI=1S/C16H20N2O3/c1-3-8-18-11-13(5-7-16(18)20)17-10-12-4-6-15(21-2)14(19)9-12/h4-7,9,11,17,19H,3,8,10H2,1-2H3. The van der Waals surface area contributed by atoms with Gasteiger partial charge in [0.15, 0.2) is 11.5 Å². The van der Waals surface area contributed by atoms with Gasteiger partial charge in [0.1, 0.15) is 0 Å². The Morgan fingerprint density at radius 2 is 2.10 bits per heavy atom. The molecule has 0 spiro atoms. The van der Waals surface area contributed by atoms with Crippen LogP contribution < -0.4 is 15.6 Å². The molecule has 1 aromatic carbocycles. The Bertz CT molecular complexity index is 665. The molecular formula is C16H20N2O3. The van der Waals surface area contributed by atoms with Gasteiger partial charge in [0, 0.05) is 25.4 Å². The average molecular weight is 288 g/mol. The first-order valence-electron chi connectivity index (χ1n) is 6.94. The molecule has 0 bridgehead atoms. The summed E-state index contributed by atoms with van der Waals surface area (Å²) in [6.45, 7) is 3.30. The van der Waals surface area contributed by atoms with Crippen LogP contribution in [0.1, 0.15) is 18.9 Å². The highest BCUT2D eigenvalue weighted by molar-refractivity contribution is 5.45. The lowest BCUT2D eigenvalue weighted by molar-refractivity contribution is 0.373. The highest BCUT2D eigenvalue weighted by Crippen LogP contribution is 2.26. The number of benzene rings is 1. The number of hydrogen-bond donors (Lipinski definition) is 2. The average Bonchev–Trinajstić information content (AvgIpc) is 2.48. The number of phenolic OH excluding ortho intramolecular Hbond substituents is 1. The molecule has 1 aromatic heterocycles. The van der Waals surface area contributed by atoms with Crippen LogP contribution in [0, 0.1) is 0 Å². The zero-order valence-electron chi connectivity index (χ0n) is 12.3. The van der Waals surface area contributed by atoms with E-state index in [0.29, 0.717) is 18.8 Å². The van der Waals surface area contributed by atoms with E-state index in [0.717, 1.165) is 17.7 Å². The molecule has 2 aromatic rings. The first-order chi connectivity index (χ1) is 10.1. The predicted octanol–water partition coefficient (Wildman–Crippen LogP) is 2.58. The van der Waals surface area contributed by atoms with Crippen LogP contribution in [0.3, 0.4) is 0 Å². The molecule has 0 unspecified atom stereocenters. The van der Waals surface area contributed by atoms with E-state index >= 15 is 0 Å². The second-order valence-corrected chi connectivity index (χ2v) is 4.81. The van der Waals surface area contributed by atoms with Gasteiger partial charge in [-0.3, -0.25) is 4.79 Å². The van der Waals surface area contributed by atoms with E-state index in [1.807, 2.05) is 19.2 Å². The first kappa shape index (κ1) is 15.0. The van der Waals surface area contributed by atoms with Gasteiger partial charge >= 0.3 is 0 Å². The van der Waals surface area contributed by atoms with Gasteiger partial charge in [-0.25, -0.2) is 0 Å². The molecule has 0 aliphatic rings. The van der Waals surface area contributed by atoms with E-state index in [1.165, 1.54) is 7.11 Å². The Kier molecular flexibility index (Phi) is 4.87. The minimum atomic E-state index is 0.00416. The minimum Gasteiger partial charge on any atom is -0.504 e. The molecule has 0 radical (unpaired) electrons. The molecule has 0 saturated carbocycles. The summed E-state index contributed by atoms with van der Waals surface area (Å²) in [6, 6.07) is 8.59. The van der Waals surface area contributed by atoms with Gasteiger partial charge in [0.05, 0.1) is 12.8 Å². The number of nitrogens with one attached hydrogen (secondary N) is 1. The van der Waals surface area contributed by atoms with E-state index in [2.05, 4.69) is 5.32 Å². The summed E-state index contributed by atoms with van der Waals surface area (Å²) in [4.78, 5) is 11.6. The molecule has 0 aliphatic heterocycles. The van der Waals surface area contributed by atoms with Crippen molar-refractivity contribution in [3.8, 4) is 11.5 Å². The largest absolute Gasteiger partial charge is 0.504 e. The van der Waals surface area contributed by atoms with E-state index in [4.69, 9.17) is 4.74 Å². The van der Waals surface area contributed by atoms with E-state index < -0.39 is 0 Å². The number of aryl methyl sites for hydroxylation is 1. The molecule has 2 rings (SSSR count). The molecule has 1 heterocycles. The first-order valence-corrected chi connectivity index (χ1v) is 6.94. The maximum Gasteiger partial charge on any atom is 0.250 e. The number of rotatable bonds is 6. The van der Waals surface area contributed by atoms with Crippen molar-refractivity contribution in [3.05, 3.63) is 52.4 Å². The predicted molar refractivity (Wildman–Crippen MR) is 83.0 cm³/mol.